The van der Waals surface area contributed by atoms with Gasteiger partial charge < -0.3 is 5.73 Å². The molecule has 0 saturated heterocycles. The summed E-state index contributed by atoms with van der Waals surface area (Å²) in [5.41, 5.74) is 7.79. The van der Waals surface area contributed by atoms with Gasteiger partial charge >= 0.3 is 0 Å². The van der Waals surface area contributed by atoms with E-state index in [1.54, 1.807) is 0 Å². The second kappa shape index (κ2) is 4.31. The Kier molecular flexibility index (Phi) is 3.33. The van der Waals surface area contributed by atoms with Crippen LogP contribution in [0.15, 0.2) is 29.3 Å². The van der Waals surface area contributed by atoms with Crippen molar-refractivity contribution in [2.45, 2.75) is 6.54 Å². The minimum atomic E-state index is 0.609. The topological polar surface area (TPSA) is 26.0 Å². The molecule has 0 heterocycles. The zero-order valence-corrected chi connectivity index (χ0v) is 7.71. The lowest BCUT2D eigenvalue weighted by atomic mass is 10.1. The number of nitrogens with two attached hydrogens (primary N) is 1. The molecule has 0 unspecified atom stereocenters. The smallest absolute Gasteiger partial charge is 0.0178 e. The van der Waals surface area contributed by atoms with Crippen LogP contribution in [0.5, 0.6) is 0 Å². The normalized spacial score (nSPS) is 10.7. The quantitative estimate of drug-likeness (QED) is 0.800. The maximum absolute atomic E-state index is 5.45. The fourth-order valence-corrected chi connectivity index (χ4v) is 1.14. The highest BCUT2D eigenvalue weighted by Gasteiger charge is 1.87. The number of halogens is 1. The molecular weight excluding hydrogens is 202 g/mol. The Morgan fingerprint density at radius 2 is 1.91 bits per heavy atom. The average Bonchev–Trinajstić information content (AvgIpc) is 2.07. The van der Waals surface area contributed by atoms with Crippen LogP contribution in [0, 0.1) is 0 Å². The van der Waals surface area contributed by atoms with Gasteiger partial charge in [0.25, 0.3) is 0 Å². The molecule has 0 radical (unpaired) electrons. The zero-order valence-electron chi connectivity index (χ0n) is 6.13. The fraction of sp³-hybridized carbons (Fsp3) is 0.111. The van der Waals surface area contributed by atoms with Crippen LogP contribution in [0.1, 0.15) is 11.1 Å². The van der Waals surface area contributed by atoms with Gasteiger partial charge in [0.2, 0.25) is 0 Å². The van der Waals surface area contributed by atoms with Crippen molar-refractivity contribution in [3.05, 3.63) is 40.4 Å². The Morgan fingerprint density at radius 3 is 2.36 bits per heavy atom. The Balaban J connectivity index is 2.82. The van der Waals surface area contributed by atoms with Crippen LogP contribution in [-0.4, -0.2) is 0 Å². The minimum absolute atomic E-state index is 0.609. The van der Waals surface area contributed by atoms with E-state index in [-0.39, 0.29) is 0 Å². The van der Waals surface area contributed by atoms with Gasteiger partial charge in [-0.15, -0.1) is 0 Å². The molecular formula is C9H10BrN. The predicted octanol–water partition coefficient (Wildman–Crippen LogP) is 2.51. The maximum atomic E-state index is 5.45. The van der Waals surface area contributed by atoms with Gasteiger partial charge in [0.05, 0.1) is 0 Å². The van der Waals surface area contributed by atoms with Crippen molar-refractivity contribution in [3.63, 3.8) is 0 Å². The van der Waals surface area contributed by atoms with Gasteiger partial charge in [0.1, 0.15) is 0 Å². The summed E-state index contributed by atoms with van der Waals surface area (Å²) < 4.78 is 0. The molecule has 1 nitrogen and oxygen atoms in total. The largest absolute Gasteiger partial charge is 0.326 e. The van der Waals surface area contributed by atoms with E-state index in [0.29, 0.717) is 6.54 Å². The molecule has 0 spiro atoms. The SMILES string of the molecule is NCc1ccc(/C=C\Br)cc1. The Bertz CT molecular complexity index is 238. The van der Waals surface area contributed by atoms with Crippen molar-refractivity contribution in [1.82, 2.24) is 0 Å². The highest BCUT2D eigenvalue weighted by atomic mass is 79.9. The molecule has 0 aliphatic carbocycles. The van der Waals surface area contributed by atoms with Gasteiger partial charge in [0, 0.05) is 6.54 Å². The molecule has 2 heteroatoms. The van der Waals surface area contributed by atoms with Gasteiger partial charge in [-0.25, -0.2) is 0 Å². The molecule has 1 rings (SSSR count). The van der Waals surface area contributed by atoms with Gasteiger partial charge in [-0.1, -0.05) is 40.2 Å². The highest BCUT2D eigenvalue weighted by molar-refractivity contribution is 9.11. The van der Waals surface area contributed by atoms with E-state index >= 15 is 0 Å². The molecule has 0 saturated carbocycles. The fourth-order valence-electron chi connectivity index (χ4n) is 0.838. The molecule has 0 atom stereocenters. The summed E-state index contributed by atoms with van der Waals surface area (Å²) in [4.78, 5) is 1.84. The molecule has 0 amide bonds. The lowest BCUT2D eigenvalue weighted by Gasteiger charge is -1.95. The highest BCUT2D eigenvalue weighted by Crippen LogP contribution is 2.06. The monoisotopic (exact) mass is 211 g/mol. The molecule has 11 heavy (non-hydrogen) atoms. The minimum Gasteiger partial charge on any atom is -0.326 e. The van der Waals surface area contributed by atoms with Crippen molar-refractivity contribution in [1.29, 1.82) is 0 Å². The van der Waals surface area contributed by atoms with E-state index in [2.05, 4.69) is 15.9 Å². The molecule has 0 aliphatic heterocycles. The lowest BCUT2D eigenvalue weighted by molar-refractivity contribution is 1.07. The molecule has 58 valence electrons. The van der Waals surface area contributed by atoms with E-state index in [4.69, 9.17) is 5.73 Å². The van der Waals surface area contributed by atoms with E-state index < -0.39 is 0 Å². The van der Waals surface area contributed by atoms with Gasteiger partial charge in [-0.2, -0.15) is 0 Å². The Labute approximate surface area is 75.0 Å². The van der Waals surface area contributed by atoms with Crippen molar-refractivity contribution in [2.24, 2.45) is 5.73 Å². The van der Waals surface area contributed by atoms with Crippen LogP contribution in [0.3, 0.4) is 0 Å². The zero-order chi connectivity index (χ0) is 8.10. The van der Waals surface area contributed by atoms with Crippen LogP contribution in [0.2, 0.25) is 0 Å². The van der Waals surface area contributed by atoms with Crippen molar-refractivity contribution < 1.29 is 0 Å². The van der Waals surface area contributed by atoms with E-state index in [1.165, 1.54) is 5.56 Å². The first-order valence-electron chi connectivity index (χ1n) is 3.42. The van der Waals surface area contributed by atoms with Crippen molar-refractivity contribution in [3.8, 4) is 0 Å². The summed E-state index contributed by atoms with van der Waals surface area (Å²) in [5, 5.41) is 0. The number of hydrogen-bond donors (Lipinski definition) is 1. The van der Waals surface area contributed by atoms with Crippen LogP contribution in [0.25, 0.3) is 6.08 Å². The summed E-state index contributed by atoms with van der Waals surface area (Å²) in [5.74, 6) is 0. The van der Waals surface area contributed by atoms with Crippen molar-refractivity contribution in [2.75, 3.05) is 0 Å². The third-order valence-electron chi connectivity index (χ3n) is 1.47. The van der Waals surface area contributed by atoms with E-state index in [1.807, 2.05) is 35.3 Å². The van der Waals surface area contributed by atoms with Crippen molar-refractivity contribution >= 4 is 22.0 Å². The number of hydrogen-bond acceptors (Lipinski definition) is 1. The third-order valence-corrected chi connectivity index (χ3v) is 1.74. The van der Waals surface area contributed by atoms with Gasteiger partial charge in [0.15, 0.2) is 0 Å². The summed E-state index contributed by atoms with van der Waals surface area (Å²) in [6.45, 7) is 0.609. The van der Waals surface area contributed by atoms with E-state index in [0.717, 1.165) is 5.56 Å². The summed E-state index contributed by atoms with van der Waals surface area (Å²) >= 11 is 3.22. The van der Waals surface area contributed by atoms with Gasteiger partial charge in [-0.05, 0) is 22.2 Å². The van der Waals surface area contributed by atoms with Crippen LogP contribution in [-0.2, 0) is 6.54 Å². The molecule has 0 aliphatic rings. The molecule has 0 aromatic heterocycles. The Morgan fingerprint density at radius 1 is 1.27 bits per heavy atom. The first-order valence-corrected chi connectivity index (χ1v) is 4.34. The first kappa shape index (κ1) is 8.50. The molecule has 1 aromatic rings. The number of benzene rings is 1. The maximum Gasteiger partial charge on any atom is 0.0178 e. The molecule has 2 N–H and O–H groups in total. The first-order chi connectivity index (χ1) is 5.36. The second-order valence-corrected chi connectivity index (χ2v) is 2.77. The predicted molar refractivity (Wildman–Crippen MR) is 52.3 cm³/mol. The third kappa shape index (κ3) is 2.48. The lowest BCUT2D eigenvalue weighted by Crippen LogP contribution is -1.94. The van der Waals surface area contributed by atoms with Crippen LogP contribution in [0.4, 0.5) is 0 Å². The Hall–Kier alpha value is -0.600. The van der Waals surface area contributed by atoms with E-state index in [9.17, 15) is 0 Å². The summed E-state index contributed by atoms with van der Waals surface area (Å²) in [6.07, 6.45) is 1.99. The standard InChI is InChI=1S/C9H10BrN/c10-6-5-8-1-3-9(7-11)4-2-8/h1-6H,7,11H2/b6-5-. The molecule has 0 fully saturated rings. The molecule has 0 bridgehead atoms. The number of rotatable bonds is 2. The average molecular weight is 212 g/mol. The second-order valence-electron chi connectivity index (χ2n) is 2.24. The molecule has 1 aromatic carbocycles. The van der Waals surface area contributed by atoms with Gasteiger partial charge in [-0.3, -0.25) is 0 Å². The summed E-state index contributed by atoms with van der Waals surface area (Å²) in [7, 11) is 0. The van der Waals surface area contributed by atoms with Crippen LogP contribution < -0.4 is 5.73 Å². The van der Waals surface area contributed by atoms with Crippen LogP contribution >= 0.6 is 15.9 Å². The summed E-state index contributed by atoms with van der Waals surface area (Å²) in [6, 6.07) is 8.14.